The molecule has 6 heteroatoms. The summed E-state index contributed by atoms with van der Waals surface area (Å²) in [4.78, 5) is 23.2. The van der Waals surface area contributed by atoms with Crippen LogP contribution in [0, 0.1) is 24.0 Å². The van der Waals surface area contributed by atoms with E-state index in [0.29, 0.717) is 23.2 Å². The van der Waals surface area contributed by atoms with Gasteiger partial charge in [-0.3, -0.25) is 10.1 Å². The van der Waals surface area contributed by atoms with Gasteiger partial charge >= 0.3 is 5.97 Å². The third-order valence-electron chi connectivity index (χ3n) is 4.70. The van der Waals surface area contributed by atoms with Crippen LogP contribution in [0.25, 0.3) is 11.1 Å². The third kappa shape index (κ3) is 3.46. The molecule has 1 heterocycles. The fourth-order valence-electron chi connectivity index (χ4n) is 3.37. The lowest BCUT2D eigenvalue weighted by Gasteiger charge is -2.10. The molecule has 0 fully saturated rings. The number of hydrogen-bond acceptors (Lipinski definition) is 4. The number of esters is 1. The SMILES string of the molecule is COC(=O)c1c(-c2cccc([N+](=O)[O-])c2)c(C)n(Cc2ccccc2)c1C. The van der Waals surface area contributed by atoms with Crippen LogP contribution < -0.4 is 0 Å². The van der Waals surface area contributed by atoms with Gasteiger partial charge < -0.3 is 9.30 Å². The molecule has 0 bridgehead atoms. The molecule has 0 N–H and O–H groups in total. The highest BCUT2D eigenvalue weighted by atomic mass is 16.6. The summed E-state index contributed by atoms with van der Waals surface area (Å²) in [5, 5.41) is 11.2. The summed E-state index contributed by atoms with van der Waals surface area (Å²) in [5.41, 5.74) is 4.43. The number of ether oxygens (including phenoxy) is 1. The largest absolute Gasteiger partial charge is 0.465 e. The average molecular weight is 364 g/mol. The van der Waals surface area contributed by atoms with Gasteiger partial charge in [0.2, 0.25) is 0 Å². The van der Waals surface area contributed by atoms with Gasteiger partial charge in [-0.1, -0.05) is 42.5 Å². The van der Waals surface area contributed by atoms with Crippen LogP contribution >= 0.6 is 0 Å². The van der Waals surface area contributed by atoms with Crippen molar-refractivity contribution in [2.24, 2.45) is 0 Å². The summed E-state index contributed by atoms with van der Waals surface area (Å²) < 4.78 is 7.03. The molecule has 0 aliphatic carbocycles. The standard InChI is InChI=1S/C21H20N2O4/c1-14-19(17-10-7-11-18(12-17)23(25)26)20(21(24)27-3)15(2)22(14)13-16-8-5-4-6-9-16/h4-12H,13H2,1-3H3. The number of rotatable bonds is 5. The van der Waals surface area contributed by atoms with Crippen LogP contribution in [0.4, 0.5) is 5.69 Å². The first-order valence-corrected chi connectivity index (χ1v) is 8.50. The lowest BCUT2D eigenvalue weighted by atomic mass is 10.00. The summed E-state index contributed by atoms with van der Waals surface area (Å²) in [6, 6.07) is 16.2. The molecule has 0 unspecified atom stereocenters. The van der Waals surface area contributed by atoms with Gasteiger partial charge in [0.15, 0.2) is 0 Å². The quantitative estimate of drug-likeness (QED) is 0.379. The number of non-ortho nitro benzene ring substituents is 1. The van der Waals surface area contributed by atoms with Crippen LogP contribution in [0.1, 0.15) is 27.3 Å². The average Bonchev–Trinajstić information content (AvgIpc) is 2.93. The molecule has 2 aromatic carbocycles. The van der Waals surface area contributed by atoms with Crippen LogP contribution in [0.5, 0.6) is 0 Å². The Morgan fingerprint density at radius 2 is 1.78 bits per heavy atom. The Kier molecular flexibility index (Phi) is 5.07. The minimum absolute atomic E-state index is 0.0174. The maximum atomic E-state index is 12.5. The summed E-state index contributed by atoms with van der Waals surface area (Å²) in [6.07, 6.45) is 0. The monoisotopic (exact) mass is 364 g/mol. The molecule has 3 aromatic rings. The van der Waals surface area contributed by atoms with E-state index < -0.39 is 10.9 Å². The Labute approximate surface area is 157 Å². The number of benzene rings is 2. The highest BCUT2D eigenvalue weighted by Crippen LogP contribution is 2.35. The zero-order chi connectivity index (χ0) is 19.6. The van der Waals surface area contributed by atoms with Gasteiger partial charge in [-0.25, -0.2) is 4.79 Å². The lowest BCUT2D eigenvalue weighted by molar-refractivity contribution is -0.384. The van der Waals surface area contributed by atoms with E-state index in [9.17, 15) is 14.9 Å². The fourth-order valence-corrected chi connectivity index (χ4v) is 3.37. The van der Waals surface area contributed by atoms with Gasteiger partial charge in [0.1, 0.15) is 0 Å². The second kappa shape index (κ2) is 7.45. The number of carbonyl (C=O) groups excluding carboxylic acids is 1. The minimum Gasteiger partial charge on any atom is -0.465 e. The van der Waals surface area contributed by atoms with E-state index in [1.165, 1.54) is 19.2 Å². The fraction of sp³-hybridized carbons (Fsp3) is 0.190. The molecule has 0 spiro atoms. The van der Waals surface area contributed by atoms with E-state index >= 15 is 0 Å². The van der Waals surface area contributed by atoms with Gasteiger partial charge in [0.25, 0.3) is 5.69 Å². The third-order valence-corrected chi connectivity index (χ3v) is 4.70. The minimum atomic E-state index is -0.455. The van der Waals surface area contributed by atoms with E-state index in [-0.39, 0.29) is 5.69 Å². The first-order chi connectivity index (χ1) is 12.9. The molecular weight excluding hydrogens is 344 g/mol. The Morgan fingerprint density at radius 3 is 2.41 bits per heavy atom. The number of aromatic nitrogens is 1. The second-order valence-electron chi connectivity index (χ2n) is 6.29. The smallest absolute Gasteiger partial charge is 0.340 e. The molecule has 138 valence electrons. The number of methoxy groups -OCH3 is 1. The van der Waals surface area contributed by atoms with E-state index in [1.54, 1.807) is 12.1 Å². The Bertz CT molecular complexity index is 1010. The van der Waals surface area contributed by atoms with Crippen molar-refractivity contribution in [2.75, 3.05) is 7.11 Å². The van der Waals surface area contributed by atoms with Crippen LogP contribution in [0.3, 0.4) is 0 Å². The zero-order valence-electron chi connectivity index (χ0n) is 15.4. The van der Waals surface area contributed by atoms with E-state index in [2.05, 4.69) is 0 Å². The second-order valence-corrected chi connectivity index (χ2v) is 6.29. The molecule has 6 nitrogen and oxygen atoms in total. The van der Waals surface area contributed by atoms with Crippen molar-refractivity contribution in [3.8, 4) is 11.1 Å². The number of nitro groups is 1. The predicted molar refractivity (Wildman–Crippen MR) is 103 cm³/mol. The highest BCUT2D eigenvalue weighted by molar-refractivity contribution is 6.00. The van der Waals surface area contributed by atoms with Gasteiger partial charge in [-0.2, -0.15) is 0 Å². The zero-order valence-corrected chi connectivity index (χ0v) is 15.4. The van der Waals surface area contributed by atoms with Crippen molar-refractivity contribution in [3.63, 3.8) is 0 Å². The van der Waals surface area contributed by atoms with Crippen molar-refractivity contribution in [3.05, 3.63) is 87.2 Å². The summed E-state index contributed by atoms with van der Waals surface area (Å²) in [5.74, 6) is -0.455. The summed E-state index contributed by atoms with van der Waals surface area (Å²) in [7, 11) is 1.34. The topological polar surface area (TPSA) is 74.4 Å². The number of nitro benzene ring substituents is 1. The van der Waals surface area contributed by atoms with E-state index in [4.69, 9.17) is 4.74 Å². The summed E-state index contributed by atoms with van der Waals surface area (Å²) in [6.45, 7) is 4.37. The van der Waals surface area contributed by atoms with Crippen molar-refractivity contribution >= 4 is 11.7 Å². The Hall–Kier alpha value is -3.41. The Morgan fingerprint density at radius 1 is 1.07 bits per heavy atom. The van der Waals surface area contributed by atoms with Crippen LogP contribution in [0.15, 0.2) is 54.6 Å². The molecule has 0 aliphatic heterocycles. The van der Waals surface area contributed by atoms with Gasteiger partial charge in [-0.15, -0.1) is 0 Å². The van der Waals surface area contributed by atoms with Crippen LogP contribution in [-0.2, 0) is 11.3 Å². The molecule has 0 aliphatic rings. The Balaban J connectivity index is 2.21. The van der Waals surface area contributed by atoms with Gasteiger partial charge in [0, 0.05) is 35.6 Å². The maximum Gasteiger partial charge on any atom is 0.340 e. The van der Waals surface area contributed by atoms with Gasteiger partial charge in [-0.05, 0) is 25.0 Å². The maximum absolute atomic E-state index is 12.5. The van der Waals surface area contributed by atoms with E-state index in [0.717, 1.165) is 17.0 Å². The van der Waals surface area contributed by atoms with Crippen LogP contribution in [0.2, 0.25) is 0 Å². The normalized spacial score (nSPS) is 10.6. The van der Waals surface area contributed by atoms with Crippen molar-refractivity contribution < 1.29 is 14.5 Å². The molecule has 27 heavy (non-hydrogen) atoms. The molecule has 0 saturated carbocycles. The highest BCUT2D eigenvalue weighted by Gasteiger charge is 2.25. The first kappa shape index (κ1) is 18.4. The molecule has 0 atom stereocenters. The first-order valence-electron chi connectivity index (χ1n) is 8.50. The predicted octanol–water partition coefficient (Wildman–Crippen LogP) is 4.52. The number of hydrogen-bond donors (Lipinski definition) is 0. The van der Waals surface area contributed by atoms with E-state index in [1.807, 2.05) is 48.7 Å². The number of nitrogens with zero attached hydrogens (tertiary/aromatic N) is 2. The van der Waals surface area contributed by atoms with Crippen molar-refractivity contribution in [2.45, 2.75) is 20.4 Å². The molecule has 0 radical (unpaired) electrons. The molecule has 0 saturated heterocycles. The molecular formula is C21H20N2O4. The number of carbonyl (C=O) groups is 1. The molecule has 3 rings (SSSR count). The molecule has 1 aromatic heterocycles. The van der Waals surface area contributed by atoms with Crippen molar-refractivity contribution in [1.29, 1.82) is 0 Å². The van der Waals surface area contributed by atoms with Crippen LogP contribution in [-0.4, -0.2) is 22.6 Å². The lowest BCUT2D eigenvalue weighted by Crippen LogP contribution is -2.07. The summed E-state index contributed by atoms with van der Waals surface area (Å²) >= 11 is 0. The van der Waals surface area contributed by atoms with Gasteiger partial charge in [0.05, 0.1) is 17.6 Å². The van der Waals surface area contributed by atoms with Crippen molar-refractivity contribution in [1.82, 2.24) is 4.57 Å². The molecule has 0 amide bonds.